The Labute approximate surface area is 130 Å². The molecule has 0 unspecified atom stereocenters. The molecule has 1 heterocycles. The van der Waals surface area contributed by atoms with Crippen molar-refractivity contribution in [2.45, 2.75) is 12.8 Å². The van der Waals surface area contributed by atoms with Crippen molar-refractivity contribution < 1.29 is 14.6 Å². The average Bonchev–Trinajstić information content (AvgIpc) is 2.54. The zero-order valence-electron chi connectivity index (χ0n) is 12.5. The Balaban J connectivity index is 2.08. The number of nitrogens with zero attached hydrogens (tertiary/aromatic N) is 1. The summed E-state index contributed by atoms with van der Waals surface area (Å²) >= 11 is 5.48. The third kappa shape index (κ3) is 3.98. The van der Waals surface area contributed by atoms with Crippen molar-refractivity contribution >= 4 is 23.0 Å². The summed E-state index contributed by atoms with van der Waals surface area (Å²) in [5.41, 5.74) is 0.785. The van der Waals surface area contributed by atoms with Gasteiger partial charge in [0.15, 0.2) is 5.11 Å². The van der Waals surface area contributed by atoms with Crippen LogP contribution in [-0.4, -0.2) is 49.0 Å². The second kappa shape index (κ2) is 7.47. The summed E-state index contributed by atoms with van der Waals surface area (Å²) in [5.74, 6) is 1.76. The molecule has 0 saturated carbocycles. The summed E-state index contributed by atoms with van der Waals surface area (Å²) in [5, 5.41) is 13.2. The van der Waals surface area contributed by atoms with Gasteiger partial charge in [0.25, 0.3) is 0 Å². The lowest BCUT2D eigenvalue weighted by atomic mass is 9.99. The van der Waals surface area contributed by atoms with E-state index in [0.29, 0.717) is 16.8 Å². The van der Waals surface area contributed by atoms with Crippen LogP contribution in [0.25, 0.3) is 0 Å². The third-order valence-corrected chi connectivity index (χ3v) is 4.07. The Hall–Kier alpha value is -1.53. The van der Waals surface area contributed by atoms with Crippen molar-refractivity contribution in [3.63, 3.8) is 0 Å². The molecule has 0 amide bonds. The molecular formula is C15H22N2O3S. The molecular weight excluding hydrogens is 288 g/mol. The first-order valence-electron chi connectivity index (χ1n) is 7.06. The van der Waals surface area contributed by atoms with Gasteiger partial charge in [0.2, 0.25) is 0 Å². The number of hydrogen-bond donors (Lipinski definition) is 2. The van der Waals surface area contributed by atoms with Crippen LogP contribution in [0.4, 0.5) is 5.69 Å². The fourth-order valence-corrected chi connectivity index (χ4v) is 2.78. The lowest BCUT2D eigenvalue weighted by Crippen LogP contribution is -2.43. The van der Waals surface area contributed by atoms with Gasteiger partial charge in [0, 0.05) is 25.8 Å². The molecule has 1 aliphatic heterocycles. The van der Waals surface area contributed by atoms with E-state index >= 15 is 0 Å². The number of thiocarbonyl (C=S) groups is 1. The van der Waals surface area contributed by atoms with Crippen LogP contribution in [0.2, 0.25) is 0 Å². The number of methoxy groups -OCH3 is 2. The predicted octanol–water partition coefficient (Wildman–Crippen LogP) is 2.10. The second-order valence-corrected chi connectivity index (χ2v) is 5.52. The molecule has 1 aromatic carbocycles. The number of aliphatic hydroxyl groups excluding tert-OH is 1. The lowest BCUT2D eigenvalue weighted by Gasteiger charge is -2.34. The highest BCUT2D eigenvalue weighted by Crippen LogP contribution is 2.29. The molecule has 2 N–H and O–H groups in total. The summed E-state index contributed by atoms with van der Waals surface area (Å²) in [6.45, 7) is 1.91. The molecule has 1 atom stereocenters. The first-order chi connectivity index (χ1) is 10.2. The Bertz CT molecular complexity index is 496. The van der Waals surface area contributed by atoms with Crippen LogP contribution in [0.5, 0.6) is 11.5 Å². The first kappa shape index (κ1) is 15.9. The maximum absolute atomic E-state index is 9.30. The van der Waals surface area contributed by atoms with Crippen molar-refractivity contribution in [2.75, 3.05) is 39.2 Å². The molecule has 0 bridgehead atoms. The van der Waals surface area contributed by atoms with Gasteiger partial charge in [-0.25, -0.2) is 0 Å². The molecule has 0 spiro atoms. The van der Waals surface area contributed by atoms with Gasteiger partial charge in [0.05, 0.1) is 19.9 Å². The Morgan fingerprint density at radius 3 is 2.90 bits per heavy atom. The van der Waals surface area contributed by atoms with Gasteiger partial charge in [-0.05, 0) is 43.1 Å². The number of hydrogen-bond acceptors (Lipinski definition) is 4. The SMILES string of the molecule is COc1ccc(OC)c(NC(=S)N2CCC[C@H](CO)C2)c1. The molecule has 6 heteroatoms. The van der Waals surface area contributed by atoms with Crippen LogP contribution >= 0.6 is 12.2 Å². The molecule has 1 fully saturated rings. The van der Waals surface area contributed by atoms with E-state index in [9.17, 15) is 5.11 Å². The fraction of sp³-hybridized carbons (Fsp3) is 0.533. The van der Waals surface area contributed by atoms with Gasteiger partial charge in [-0.15, -0.1) is 0 Å². The van der Waals surface area contributed by atoms with Gasteiger partial charge < -0.3 is 24.8 Å². The summed E-state index contributed by atoms with van der Waals surface area (Å²) in [4.78, 5) is 2.10. The van der Waals surface area contributed by atoms with Crippen molar-refractivity contribution in [1.29, 1.82) is 0 Å². The smallest absolute Gasteiger partial charge is 0.173 e. The van der Waals surface area contributed by atoms with Gasteiger partial charge in [0.1, 0.15) is 11.5 Å². The van der Waals surface area contributed by atoms with E-state index in [4.69, 9.17) is 21.7 Å². The normalized spacial score (nSPS) is 18.2. The van der Waals surface area contributed by atoms with Crippen LogP contribution in [0.1, 0.15) is 12.8 Å². The summed E-state index contributed by atoms with van der Waals surface area (Å²) in [6.07, 6.45) is 2.10. The maximum Gasteiger partial charge on any atom is 0.173 e. The predicted molar refractivity (Wildman–Crippen MR) is 87.1 cm³/mol. The Morgan fingerprint density at radius 2 is 2.24 bits per heavy atom. The number of nitrogens with one attached hydrogen (secondary N) is 1. The number of aliphatic hydroxyl groups is 1. The number of benzene rings is 1. The number of anilines is 1. The van der Waals surface area contributed by atoms with Crippen LogP contribution in [0.3, 0.4) is 0 Å². The molecule has 21 heavy (non-hydrogen) atoms. The minimum atomic E-state index is 0.210. The first-order valence-corrected chi connectivity index (χ1v) is 7.47. The molecule has 1 saturated heterocycles. The monoisotopic (exact) mass is 310 g/mol. The number of rotatable bonds is 4. The van der Waals surface area contributed by atoms with Gasteiger partial charge >= 0.3 is 0 Å². The van der Waals surface area contributed by atoms with Crippen molar-refractivity contribution in [1.82, 2.24) is 4.90 Å². The third-order valence-electron chi connectivity index (χ3n) is 3.71. The minimum absolute atomic E-state index is 0.210. The van der Waals surface area contributed by atoms with E-state index in [2.05, 4.69) is 10.2 Å². The molecule has 0 aliphatic carbocycles. The average molecular weight is 310 g/mol. The van der Waals surface area contributed by atoms with E-state index in [1.54, 1.807) is 14.2 Å². The number of ether oxygens (including phenoxy) is 2. The number of likely N-dealkylation sites (tertiary alicyclic amines) is 1. The molecule has 1 aliphatic rings. The highest BCUT2D eigenvalue weighted by atomic mass is 32.1. The van der Waals surface area contributed by atoms with E-state index in [-0.39, 0.29) is 6.61 Å². The highest BCUT2D eigenvalue weighted by Gasteiger charge is 2.21. The minimum Gasteiger partial charge on any atom is -0.497 e. The zero-order chi connectivity index (χ0) is 15.2. The highest BCUT2D eigenvalue weighted by molar-refractivity contribution is 7.80. The van der Waals surface area contributed by atoms with E-state index in [1.165, 1.54) is 0 Å². The maximum atomic E-state index is 9.30. The van der Waals surface area contributed by atoms with Gasteiger partial charge in [-0.1, -0.05) is 0 Å². The Kier molecular flexibility index (Phi) is 5.64. The summed E-state index contributed by atoms with van der Waals surface area (Å²) in [7, 11) is 3.25. The van der Waals surface area contributed by atoms with Crippen LogP contribution in [-0.2, 0) is 0 Å². The summed E-state index contributed by atoms with van der Waals surface area (Å²) < 4.78 is 10.6. The van der Waals surface area contributed by atoms with Crippen LogP contribution < -0.4 is 14.8 Å². The van der Waals surface area contributed by atoms with Crippen LogP contribution in [0.15, 0.2) is 18.2 Å². The summed E-state index contributed by atoms with van der Waals surface area (Å²) in [6, 6.07) is 5.55. The molecule has 0 aromatic heterocycles. The van der Waals surface area contributed by atoms with Crippen molar-refractivity contribution in [3.05, 3.63) is 18.2 Å². The quantitative estimate of drug-likeness (QED) is 0.831. The largest absolute Gasteiger partial charge is 0.497 e. The van der Waals surface area contributed by atoms with Crippen molar-refractivity contribution in [3.8, 4) is 11.5 Å². The van der Waals surface area contributed by atoms with Crippen LogP contribution in [0, 0.1) is 5.92 Å². The van der Waals surface area contributed by atoms with Crippen molar-refractivity contribution in [2.24, 2.45) is 5.92 Å². The van der Waals surface area contributed by atoms with Gasteiger partial charge in [-0.2, -0.15) is 0 Å². The van der Waals surface area contributed by atoms with E-state index in [0.717, 1.165) is 37.4 Å². The lowest BCUT2D eigenvalue weighted by molar-refractivity contribution is 0.162. The molecule has 116 valence electrons. The van der Waals surface area contributed by atoms with Gasteiger partial charge in [-0.3, -0.25) is 0 Å². The fourth-order valence-electron chi connectivity index (χ4n) is 2.50. The van der Waals surface area contributed by atoms with E-state index in [1.807, 2.05) is 18.2 Å². The molecule has 2 rings (SSSR count). The second-order valence-electron chi connectivity index (χ2n) is 5.13. The topological polar surface area (TPSA) is 54.0 Å². The standard InChI is InChI=1S/C15H22N2O3S/c1-19-12-5-6-14(20-2)13(8-12)16-15(21)17-7-3-4-11(9-17)10-18/h5-6,8,11,18H,3-4,7,9-10H2,1-2H3,(H,16,21)/t11-/m0/s1. The molecule has 5 nitrogen and oxygen atoms in total. The number of piperidine rings is 1. The molecule has 1 aromatic rings. The molecule has 0 radical (unpaired) electrons. The Morgan fingerprint density at radius 1 is 1.43 bits per heavy atom. The van der Waals surface area contributed by atoms with E-state index < -0.39 is 0 Å². The zero-order valence-corrected chi connectivity index (χ0v) is 13.3.